The molecule has 2 aromatic rings. The number of nitrogens with one attached hydrogen (secondary N) is 7. The summed E-state index contributed by atoms with van der Waals surface area (Å²) in [5, 5.41) is 18.2. The Labute approximate surface area is 417 Å². The quantitative estimate of drug-likeness (QED) is 0.0727. The van der Waals surface area contributed by atoms with Crippen LogP contribution in [0.3, 0.4) is 0 Å². The molecule has 1 heterocycles. The number of nitrogens with two attached hydrogens (primary N) is 3. The number of rotatable bonds is 20. The molecule has 388 valence electrons. The smallest absolute Gasteiger partial charge is 0.245 e. The highest BCUT2D eigenvalue weighted by Gasteiger charge is 2.36. The van der Waals surface area contributed by atoms with E-state index in [1.54, 1.807) is 74.5 Å². The van der Waals surface area contributed by atoms with E-state index in [0.717, 1.165) is 4.90 Å². The van der Waals surface area contributed by atoms with Crippen LogP contribution in [0.15, 0.2) is 60.7 Å². The van der Waals surface area contributed by atoms with E-state index in [9.17, 15) is 52.7 Å². The lowest BCUT2D eigenvalue weighted by atomic mass is 9.96. The van der Waals surface area contributed by atoms with Crippen LogP contribution in [-0.4, -0.2) is 131 Å². The van der Waals surface area contributed by atoms with Crippen LogP contribution >= 0.6 is 11.8 Å². The topological polar surface area (TPSA) is 353 Å². The number of thioether (sulfide) groups is 1. The van der Waals surface area contributed by atoms with Gasteiger partial charge in [-0.1, -0.05) is 94.8 Å². The normalized spacial score (nSPS) is 20.6. The molecule has 0 unspecified atom stereocenters. The first-order chi connectivity index (χ1) is 33.7. The Morgan fingerprint density at radius 1 is 0.718 bits per heavy atom. The highest BCUT2D eigenvalue weighted by molar-refractivity contribution is 7.99. The predicted octanol–water partition coefficient (Wildman–Crippen LogP) is -1.47. The van der Waals surface area contributed by atoms with E-state index in [1.807, 2.05) is 13.8 Å². The zero-order chi connectivity index (χ0) is 52.6. The molecule has 3 rings (SSSR count). The van der Waals surface area contributed by atoms with Gasteiger partial charge in [-0.15, -0.1) is 0 Å². The van der Waals surface area contributed by atoms with Crippen molar-refractivity contribution < 1.29 is 52.7 Å². The van der Waals surface area contributed by atoms with Gasteiger partial charge in [0.1, 0.15) is 36.3 Å². The molecule has 7 atom stereocenters. The molecule has 0 aromatic heterocycles. The lowest BCUT2D eigenvalue weighted by Gasteiger charge is -2.30. The fraction of sp³-hybridized carbons (Fsp3) is 0.521. The van der Waals surface area contributed by atoms with Crippen molar-refractivity contribution in [2.24, 2.45) is 29.0 Å². The second kappa shape index (κ2) is 29.9. The average Bonchev–Trinajstić information content (AvgIpc) is 3.31. The number of primary amides is 3. The third-order valence-electron chi connectivity index (χ3n) is 11.4. The molecule has 1 saturated heterocycles. The zero-order valence-corrected chi connectivity index (χ0v) is 41.5. The van der Waals surface area contributed by atoms with Crippen molar-refractivity contribution in [2.45, 2.75) is 122 Å². The number of hydrogen-bond acceptors (Lipinski definition) is 12. The van der Waals surface area contributed by atoms with Crippen LogP contribution < -0.4 is 54.4 Å². The van der Waals surface area contributed by atoms with E-state index in [4.69, 9.17) is 17.2 Å². The summed E-state index contributed by atoms with van der Waals surface area (Å²) < 4.78 is 0. The standard InChI is InChI=1S/C48H69N11O11S/c1-5-29(4)42-47(69)55-32(16-17-37(49)60)44(66)57-36(24-38(50)61)45(67)56-33(18-20-71-21-19-40(63)53-35(46(68)58-42)23-30-12-8-6-9-13-30)48(70)59(26-31-14-10-7-11-15-31)27-41(64)54-34(22-28(2)3)43(65)52-25-39(51)62/h6-15,28-29,32-36,42H,5,16-27H2,1-4H3,(H2,49,60)(H2,50,61)(H2,51,62)(H,52,65)(H,53,63)(H,54,64)(H,55,69)(H,56,67)(H,57,66)(H,58,68)/t29-,32-,33-,34-,35-,36-,42-/m0/s1. The van der Waals surface area contributed by atoms with Gasteiger partial charge in [-0.3, -0.25) is 52.7 Å². The van der Waals surface area contributed by atoms with Crippen molar-refractivity contribution in [3.05, 3.63) is 71.8 Å². The SMILES string of the molecule is CC[C@H](C)[C@@H]1NC(=O)[C@H](Cc2ccccc2)NC(=O)CCSCC[C@@H](C(=O)N(CC(=O)N[C@@H](CC(C)C)C(=O)NCC(N)=O)Cc2ccccc2)NC(=O)[C@H](CC(N)=O)NC(=O)[C@H](CCC(N)=O)NC1=O. The molecule has 11 amide bonds. The van der Waals surface area contributed by atoms with Gasteiger partial charge in [-0.05, 0) is 48.0 Å². The molecule has 71 heavy (non-hydrogen) atoms. The Bertz CT molecular complexity index is 2180. The van der Waals surface area contributed by atoms with E-state index in [1.165, 1.54) is 11.8 Å². The van der Waals surface area contributed by atoms with Gasteiger partial charge in [-0.25, -0.2) is 0 Å². The number of benzene rings is 2. The number of carbonyl (C=O) groups is 11. The van der Waals surface area contributed by atoms with Gasteiger partial charge in [0.05, 0.1) is 19.5 Å². The number of carbonyl (C=O) groups excluding carboxylic acids is 11. The molecule has 23 heteroatoms. The van der Waals surface area contributed by atoms with Crippen LogP contribution in [0.2, 0.25) is 0 Å². The lowest BCUT2D eigenvalue weighted by Crippen LogP contribution is -2.61. The molecule has 0 radical (unpaired) electrons. The Hall–Kier alpha value is -7.04. The second-order valence-corrected chi connectivity index (χ2v) is 19.0. The number of nitrogens with zero attached hydrogens (tertiary/aromatic N) is 1. The Morgan fingerprint density at radius 3 is 1.92 bits per heavy atom. The highest BCUT2D eigenvalue weighted by atomic mass is 32.2. The zero-order valence-electron chi connectivity index (χ0n) is 40.7. The van der Waals surface area contributed by atoms with Crippen molar-refractivity contribution in [3.63, 3.8) is 0 Å². The van der Waals surface area contributed by atoms with Gasteiger partial charge in [0.2, 0.25) is 65.0 Å². The summed E-state index contributed by atoms with van der Waals surface area (Å²) in [4.78, 5) is 149. The van der Waals surface area contributed by atoms with Crippen molar-refractivity contribution in [1.82, 2.24) is 42.1 Å². The van der Waals surface area contributed by atoms with Gasteiger partial charge >= 0.3 is 0 Å². The van der Waals surface area contributed by atoms with Gasteiger partial charge < -0.3 is 59.3 Å². The van der Waals surface area contributed by atoms with E-state index in [0.29, 0.717) is 17.5 Å². The number of hydrogen-bond donors (Lipinski definition) is 10. The molecule has 1 aliphatic heterocycles. The van der Waals surface area contributed by atoms with Crippen LogP contribution in [0.5, 0.6) is 0 Å². The molecule has 22 nitrogen and oxygen atoms in total. The lowest BCUT2D eigenvalue weighted by molar-refractivity contribution is -0.141. The van der Waals surface area contributed by atoms with Crippen LogP contribution in [0.1, 0.15) is 83.8 Å². The summed E-state index contributed by atoms with van der Waals surface area (Å²) in [5.74, 6) is -9.25. The Morgan fingerprint density at radius 2 is 1.32 bits per heavy atom. The van der Waals surface area contributed by atoms with Crippen molar-refractivity contribution in [2.75, 3.05) is 24.6 Å². The predicted molar refractivity (Wildman–Crippen MR) is 264 cm³/mol. The van der Waals surface area contributed by atoms with E-state index in [2.05, 4.69) is 37.2 Å². The minimum atomic E-state index is -1.74. The van der Waals surface area contributed by atoms with Crippen molar-refractivity contribution >= 4 is 76.7 Å². The Balaban J connectivity index is 2.09. The molecule has 0 saturated carbocycles. The monoisotopic (exact) mass is 1010 g/mol. The maximum absolute atomic E-state index is 14.8. The maximum atomic E-state index is 14.8. The van der Waals surface area contributed by atoms with Crippen LogP contribution in [0.25, 0.3) is 0 Å². The summed E-state index contributed by atoms with van der Waals surface area (Å²) in [5.41, 5.74) is 17.5. The first kappa shape index (κ1) is 58.3. The highest BCUT2D eigenvalue weighted by Crippen LogP contribution is 2.16. The van der Waals surface area contributed by atoms with Gasteiger partial charge in [-0.2, -0.15) is 11.8 Å². The largest absolute Gasteiger partial charge is 0.370 e. The summed E-state index contributed by atoms with van der Waals surface area (Å²) >= 11 is 1.24. The average molecular weight is 1010 g/mol. The van der Waals surface area contributed by atoms with E-state index >= 15 is 0 Å². The third kappa shape index (κ3) is 21.2. The molecule has 0 spiro atoms. The molecular formula is C48H69N11O11S. The molecule has 2 aromatic carbocycles. The van der Waals surface area contributed by atoms with Crippen molar-refractivity contribution in [1.29, 1.82) is 0 Å². The maximum Gasteiger partial charge on any atom is 0.245 e. The van der Waals surface area contributed by atoms with Gasteiger partial charge in [0.25, 0.3) is 0 Å². The molecule has 1 fully saturated rings. The van der Waals surface area contributed by atoms with Crippen LogP contribution in [0, 0.1) is 11.8 Å². The second-order valence-electron chi connectivity index (χ2n) is 17.8. The summed E-state index contributed by atoms with van der Waals surface area (Å²) in [7, 11) is 0. The summed E-state index contributed by atoms with van der Waals surface area (Å²) in [6, 6.07) is 9.22. The minimum Gasteiger partial charge on any atom is -0.370 e. The molecule has 13 N–H and O–H groups in total. The number of amides is 11. The fourth-order valence-electron chi connectivity index (χ4n) is 7.43. The van der Waals surface area contributed by atoms with Crippen molar-refractivity contribution in [3.8, 4) is 0 Å². The third-order valence-corrected chi connectivity index (χ3v) is 12.4. The first-order valence-electron chi connectivity index (χ1n) is 23.5. The molecule has 0 bridgehead atoms. The van der Waals surface area contributed by atoms with Gasteiger partial charge in [0.15, 0.2) is 0 Å². The molecular weight excluding hydrogens is 939 g/mol. The molecule has 0 aliphatic carbocycles. The minimum absolute atomic E-state index is 0.0627. The Kier molecular flexibility index (Phi) is 24.5. The summed E-state index contributed by atoms with van der Waals surface area (Å²) in [6.45, 7) is 5.85. The fourth-order valence-corrected chi connectivity index (χ4v) is 8.36. The van der Waals surface area contributed by atoms with Crippen LogP contribution in [-0.2, 0) is 65.7 Å². The molecule has 1 aliphatic rings. The van der Waals surface area contributed by atoms with E-state index in [-0.39, 0.29) is 56.1 Å². The summed E-state index contributed by atoms with van der Waals surface area (Å²) in [6.07, 6.45) is -1.15. The van der Waals surface area contributed by atoms with E-state index < -0.39 is 133 Å². The van der Waals surface area contributed by atoms with Gasteiger partial charge in [0, 0.05) is 31.6 Å². The first-order valence-corrected chi connectivity index (χ1v) is 24.7. The van der Waals surface area contributed by atoms with Crippen LogP contribution in [0.4, 0.5) is 0 Å².